The van der Waals surface area contributed by atoms with Crippen LogP contribution in [0.5, 0.6) is 0 Å². The highest BCUT2D eigenvalue weighted by Crippen LogP contribution is 2.49. The number of nitro groups is 1. The number of nitrogens with one attached hydrogen (secondary N) is 1. The number of rotatable bonds is 6. The molecule has 2 bridgehead atoms. The van der Waals surface area contributed by atoms with Crippen molar-refractivity contribution in [2.24, 2.45) is 17.8 Å². The lowest BCUT2D eigenvalue weighted by molar-refractivity contribution is -0.389. The monoisotopic (exact) mass is 360 g/mol. The lowest BCUT2D eigenvalue weighted by Crippen LogP contribution is -2.40. The van der Waals surface area contributed by atoms with Gasteiger partial charge in [-0.25, -0.2) is 0 Å². The topological polar surface area (TPSA) is 129 Å². The van der Waals surface area contributed by atoms with Crippen molar-refractivity contribution in [2.75, 3.05) is 0 Å². The minimum Gasteiger partial charge on any atom is -0.358 e. The molecular weight excluding hydrogens is 340 g/mol. The van der Waals surface area contributed by atoms with E-state index in [0.29, 0.717) is 11.8 Å². The molecule has 10 heteroatoms. The van der Waals surface area contributed by atoms with Gasteiger partial charge in [-0.3, -0.25) is 4.79 Å². The largest absolute Gasteiger partial charge is 0.389 e. The second-order valence-electron chi connectivity index (χ2n) is 7.25. The maximum absolute atomic E-state index is 12.4. The summed E-state index contributed by atoms with van der Waals surface area (Å²) >= 11 is 0. The summed E-state index contributed by atoms with van der Waals surface area (Å²) in [6.45, 7) is 2.12. The van der Waals surface area contributed by atoms with Crippen LogP contribution in [0.4, 0.5) is 5.82 Å². The Balaban J connectivity index is 1.36. The van der Waals surface area contributed by atoms with Crippen LogP contribution in [0.15, 0.2) is 16.8 Å². The van der Waals surface area contributed by atoms with Gasteiger partial charge < -0.3 is 20.0 Å². The molecule has 4 atom stereocenters. The summed E-state index contributed by atoms with van der Waals surface area (Å²) in [5, 5.41) is 21.1. The Morgan fingerprint density at radius 3 is 3.00 bits per heavy atom. The molecule has 2 fully saturated rings. The quantitative estimate of drug-likeness (QED) is 0.614. The predicted octanol–water partition coefficient (Wildman–Crippen LogP) is 1.78. The van der Waals surface area contributed by atoms with Gasteiger partial charge in [-0.2, -0.15) is 9.67 Å². The SMILES string of the molecule is C[C@@H](NC(=O)c1nc(Cn2ccc([N+](=O)[O-])n2)no1)[C@@H]1C[C@H]2CC[C@H]1C2. The second kappa shape index (κ2) is 6.50. The predicted molar refractivity (Wildman–Crippen MR) is 88.1 cm³/mol. The molecule has 0 aliphatic heterocycles. The third kappa shape index (κ3) is 3.18. The van der Waals surface area contributed by atoms with Crippen LogP contribution < -0.4 is 5.32 Å². The van der Waals surface area contributed by atoms with Crippen molar-refractivity contribution in [1.29, 1.82) is 0 Å². The van der Waals surface area contributed by atoms with Crippen LogP contribution in [0.3, 0.4) is 0 Å². The molecule has 2 aromatic rings. The number of carbonyl (C=O) groups is 1. The Hall–Kier alpha value is -2.78. The molecule has 0 aromatic carbocycles. The molecule has 2 saturated carbocycles. The van der Waals surface area contributed by atoms with Gasteiger partial charge in [0.1, 0.15) is 6.54 Å². The van der Waals surface area contributed by atoms with Crippen molar-refractivity contribution >= 4 is 11.7 Å². The summed E-state index contributed by atoms with van der Waals surface area (Å²) < 4.78 is 6.35. The van der Waals surface area contributed by atoms with Crippen molar-refractivity contribution in [2.45, 2.75) is 45.2 Å². The molecule has 138 valence electrons. The maximum Gasteiger partial charge on any atom is 0.389 e. The van der Waals surface area contributed by atoms with Crippen LogP contribution in [0.25, 0.3) is 0 Å². The van der Waals surface area contributed by atoms with Crippen LogP contribution >= 0.6 is 0 Å². The van der Waals surface area contributed by atoms with E-state index in [0.717, 1.165) is 5.92 Å². The summed E-state index contributed by atoms with van der Waals surface area (Å²) in [6.07, 6.45) is 6.49. The van der Waals surface area contributed by atoms with Crippen molar-refractivity contribution < 1.29 is 14.2 Å². The third-order valence-corrected chi connectivity index (χ3v) is 5.57. The second-order valence-corrected chi connectivity index (χ2v) is 7.25. The van der Waals surface area contributed by atoms with Crippen molar-refractivity contribution in [3.8, 4) is 0 Å². The van der Waals surface area contributed by atoms with Crippen LogP contribution in [-0.2, 0) is 6.54 Å². The van der Waals surface area contributed by atoms with E-state index in [9.17, 15) is 14.9 Å². The average Bonchev–Trinajstić information content (AvgIpc) is 3.39. The molecule has 1 amide bonds. The first-order valence-electron chi connectivity index (χ1n) is 8.81. The molecule has 26 heavy (non-hydrogen) atoms. The number of fused-ring (bicyclic) bond motifs is 2. The van der Waals surface area contributed by atoms with E-state index < -0.39 is 4.92 Å². The lowest BCUT2D eigenvalue weighted by atomic mass is 9.84. The van der Waals surface area contributed by atoms with Gasteiger partial charge in [-0.1, -0.05) is 11.6 Å². The van der Waals surface area contributed by atoms with E-state index in [2.05, 4.69) is 20.6 Å². The summed E-state index contributed by atoms with van der Waals surface area (Å²) in [5.41, 5.74) is 0. The van der Waals surface area contributed by atoms with Crippen molar-refractivity contribution in [3.05, 3.63) is 34.1 Å². The fourth-order valence-electron chi connectivity index (χ4n) is 4.37. The molecule has 1 N–H and O–H groups in total. The average molecular weight is 360 g/mol. The van der Waals surface area contributed by atoms with Crippen molar-refractivity contribution in [1.82, 2.24) is 25.2 Å². The highest BCUT2D eigenvalue weighted by Gasteiger charge is 2.42. The summed E-state index contributed by atoms with van der Waals surface area (Å²) in [6, 6.07) is 1.35. The molecule has 0 unspecified atom stereocenters. The first kappa shape index (κ1) is 16.7. The van der Waals surface area contributed by atoms with E-state index in [1.165, 1.54) is 42.6 Å². The fourth-order valence-corrected chi connectivity index (χ4v) is 4.37. The van der Waals surface area contributed by atoms with E-state index in [1.54, 1.807) is 0 Å². The number of hydrogen-bond acceptors (Lipinski definition) is 7. The molecule has 0 radical (unpaired) electrons. The minimum atomic E-state index is -0.581. The highest BCUT2D eigenvalue weighted by atomic mass is 16.6. The molecule has 2 aromatic heterocycles. The molecular formula is C16H20N6O4. The summed E-state index contributed by atoms with van der Waals surface area (Å²) in [5.74, 6) is 1.54. The molecule has 2 aliphatic carbocycles. The van der Waals surface area contributed by atoms with Gasteiger partial charge in [0.25, 0.3) is 0 Å². The Morgan fingerprint density at radius 1 is 1.50 bits per heavy atom. The summed E-state index contributed by atoms with van der Waals surface area (Å²) in [7, 11) is 0. The van der Waals surface area contributed by atoms with Crippen LogP contribution in [-0.4, -0.2) is 36.8 Å². The van der Waals surface area contributed by atoms with E-state index in [4.69, 9.17) is 4.52 Å². The Bertz CT molecular complexity index is 830. The van der Waals surface area contributed by atoms with Gasteiger partial charge in [0, 0.05) is 6.04 Å². The van der Waals surface area contributed by atoms with E-state index in [1.807, 2.05) is 6.92 Å². The van der Waals surface area contributed by atoms with Gasteiger partial charge in [0.05, 0.1) is 17.4 Å². The molecule has 10 nitrogen and oxygen atoms in total. The first-order valence-corrected chi connectivity index (χ1v) is 8.81. The smallest absolute Gasteiger partial charge is 0.358 e. The molecule has 4 rings (SSSR count). The molecule has 2 heterocycles. The van der Waals surface area contributed by atoms with Crippen LogP contribution in [0, 0.1) is 27.9 Å². The van der Waals surface area contributed by atoms with Crippen molar-refractivity contribution in [3.63, 3.8) is 0 Å². The zero-order valence-corrected chi connectivity index (χ0v) is 14.4. The standard InChI is InChI=1S/C16H20N6O4/c1-9(12-7-10-2-3-11(12)6-10)17-15(23)16-18-13(20-26-16)8-21-5-4-14(19-21)22(24)25/h4-5,9-12H,2-3,6-8H2,1H3,(H,17,23)/t9-,10+,11+,12+/m1/s1. The Labute approximate surface area is 149 Å². The van der Waals surface area contributed by atoms with Crippen LogP contribution in [0.2, 0.25) is 0 Å². The first-order chi connectivity index (χ1) is 12.5. The number of nitrogens with zero attached hydrogens (tertiary/aromatic N) is 5. The number of carbonyl (C=O) groups excluding carboxylic acids is 1. The van der Waals surface area contributed by atoms with Gasteiger partial charge in [-0.15, -0.1) is 0 Å². The van der Waals surface area contributed by atoms with Gasteiger partial charge >= 0.3 is 17.6 Å². The minimum absolute atomic E-state index is 0.0712. The normalized spacial score (nSPS) is 25.3. The Morgan fingerprint density at radius 2 is 2.35 bits per heavy atom. The van der Waals surface area contributed by atoms with Crippen LogP contribution in [0.1, 0.15) is 49.1 Å². The molecule has 0 spiro atoms. The lowest BCUT2D eigenvalue weighted by Gasteiger charge is -2.28. The fraction of sp³-hybridized carbons (Fsp3) is 0.625. The van der Waals surface area contributed by atoms with Gasteiger partial charge in [-0.05, 0) is 48.9 Å². The molecule has 2 aliphatic rings. The number of aromatic nitrogens is 4. The third-order valence-electron chi connectivity index (χ3n) is 5.57. The molecule has 0 saturated heterocycles. The van der Waals surface area contributed by atoms with Gasteiger partial charge in [0.15, 0.2) is 5.82 Å². The van der Waals surface area contributed by atoms with E-state index in [-0.39, 0.29) is 36.0 Å². The maximum atomic E-state index is 12.4. The zero-order valence-electron chi connectivity index (χ0n) is 14.4. The number of amides is 1. The summed E-state index contributed by atoms with van der Waals surface area (Å²) in [4.78, 5) is 26.5. The van der Waals surface area contributed by atoms with Gasteiger partial charge in [0.2, 0.25) is 0 Å². The Kier molecular flexibility index (Phi) is 4.17. The van der Waals surface area contributed by atoms with E-state index >= 15 is 0 Å². The highest BCUT2D eigenvalue weighted by molar-refractivity contribution is 5.89. The zero-order chi connectivity index (χ0) is 18.3. The number of hydrogen-bond donors (Lipinski definition) is 1.